The van der Waals surface area contributed by atoms with Crippen molar-refractivity contribution in [1.29, 1.82) is 5.41 Å². The number of methoxy groups -OCH3 is 1. The van der Waals surface area contributed by atoms with E-state index < -0.39 is 0 Å². The summed E-state index contributed by atoms with van der Waals surface area (Å²) in [6, 6.07) is 7.62. The molecule has 0 bridgehead atoms. The van der Waals surface area contributed by atoms with Gasteiger partial charge in [-0.15, -0.1) is 0 Å². The van der Waals surface area contributed by atoms with Crippen molar-refractivity contribution in [3.63, 3.8) is 0 Å². The summed E-state index contributed by atoms with van der Waals surface area (Å²) in [6.07, 6.45) is 1.93. The Morgan fingerprint density at radius 1 is 1.17 bits per heavy atom. The van der Waals surface area contributed by atoms with Crippen molar-refractivity contribution in [2.45, 2.75) is 34.2 Å². The van der Waals surface area contributed by atoms with Gasteiger partial charge in [0.2, 0.25) is 6.41 Å². The second kappa shape index (κ2) is 19.2. The fourth-order valence-electron chi connectivity index (χ4n) is 1.41. The number of carbonyl (C=O) groups excluding carboxylic acids is 1. The quantitative estimate of drug-likeness (QED) is 0.200. The predicted octanol–water partition coefficient (Wildman–Crippen LogP) is 2.32. The van der Waals surface area contributed by atoms with E-state index in [-0.39, 0.29) is 6.67 Å². The number of rotatable bonds is 10. The lowest BCUT2D eigenvalue weighted by Gasteiger charge is -2.17. The molecule has 138 valence electrons. The summed E-state index contributed by atoms with van der Waals surface area (Å²) in [5, 5.41) is 8.43. The molecule has 0 spiro atoms. The molecule has 1 amide bonds. The van der Waals surface area contributed by atoms with Crippen molar-refractivity contribution in [2.24, 2.45) is 0 Å². The van der Waals surface area contributed by atoms with Crippen LogP contribution in [0.5, 0.6) is 0 Å². The van der Waals surface area contributed by atoms with Crippen molar-refractivity contribution >= 4 is 12.6 Å². The zero-order valence-electron chi connectivity index (χ0n) is 15.5. The van der Waals surface area contributed by atoms with Gasteiger partial charge in [-0.2, -0.15) is 0 Å². The van der Waals surface area contributed by atoms with Crippen LogP contribution in [0.4, 0.5) is 0 Å². The summed E-state index contributed by atoms with van der Waals surface area (Å²) in [7, 11) is 1.68. The van der Waals surface area contributed by atoms with Crippen LogP contribution in [0, 0.1) is 5.41 Å². The number of hydrogen-bond donors (Lipinski definition) is 3. The molecule has 3 N–H and O–H groups in total. The van der Waals surface area contributed by atoms with E-state index in [0.717, 1.165) is 22.8 Å². The van der Waals surface area contributed by atoms with Gasteiger partial charge in [0.15, 0.2) is 0 Å². The molecule has 0 fully saturated rings. The molecule has 7 heteroatoms. The molecule has 0 saturated carbocycles. The third-order valence-electron chi connectivity index (χ3n) is 2.55. The smallest absolute Gasteiger partial charge is 0.234 e. The first-order valence-electron chi connectivity index (χ1n) is 8.11. The third kappa shape index (κ3) is 12.7. The Hall–Kier alpha value is -1.80. The Morgan fingerprint density at radius 2 is 1.79 bits per heavy atom. The summed E-state index contributed by atoms with van der Waals surface area (Å²) in [5.41, 5.74) is 7.70. The Labute approximate surface area is 145 Å². The van der Waals surface area contributed by atoms with Gasteiger partial charge < -0.3 is 10.1 Å². The van der Waals surface area contributed by atoms with Crippen LogP contribution in [0.15, 0.2) is 24.3 Å². The van der Waals surface area contributed by atoms with Crippen LogP contribution in [0.3, 0.4) is 0 Å². The summed E-state index contributed by atoms with van der Waals surface area (Å²) in [4.78, 5) is 15.6. The summed E-state index contributed by atoms with van der Waals surface area (Å²) < 4.78 is 4.54. The van der Waals surface area contributed by atoms with Crippen LogP contribution in [-0.2, 0) is 20.9 Å². The topological polar surface area (TPSA) is 86.7 Å². The zero-order chi connectivity index (χ0) is 18.6. The number of carbonyl (C=O) groups is 1. The van der Waals surface area contributed by atoms with E-state index in [1.165, 1.54) is 6.21 Å². The fraction of sp³-hybridized carbons (Fsp3) is 0.529. The Morgan fingerprint density at radius 3 is 2.29 bits per heavy atom. The van der Waals surface area contributed by atoms with Crippen LogP contribution < -0.4 is 10.9 Å². The first-order chi connectivity index (χ1) is 11.7. The molecule has 0 aromatic heterocycles. The maximum Gasteiger partial charge on any atom is 0.234 e. The molecule has 0 heterocycles. The maximum atomic E-state index is 10.6. The Kier molecular flexibility index (Phi) is 19.6. The predicted molar refractivity (Wildman–Crippen MR) is 97.6 cm³/mol. The number of hydroxylamine groups is 2. The third-order valence-corrected chi connectivity index (χ3v) is 2.55. The van der Waals surface area contributed by atoms with Gasteiger partial charge in [-0.05, 0) is 25.0 Å². The number of amides is 1. The highest BCUT2D eigenvalue weighted by molar-refractivity contribution is 5.79. The number of hydrazine groups is 1. The summed E-state index contributed by atoms with van der Waals surface area (Å²) in [6.45, 7) is 9.84. The van der Waals surface area contributed by atoms with Gasteiger partial charge in [-0.3, -0.25) is 15.1 Å². The molecule has 1 aromatic rings. The lowest BCUT2D eigenvalue weighted by molar-refractivity contribution is -0.173. The molecular formula is C17H32N4O3. The van der Waals surface area contributed by atoms with E-state index in [0.29, 0.717) is 19.6 Å². The van der Waals surface area contributed by atoms with E-state index in [2.05, 4.69) is 15.6 Å². The summed E-state index contributed by atoms with van der Waals surface area (Å²) in [5.74, 6) is 0. The molecule has 0 atom stereocenters. The van der Waals surface area contributed by atoms with E-state index in [1.807, 2.05) is 52.0 Å². The Bertz CT molecular complexity index is 415. The molecule has 7 nitrogen and oxygen atoms in total. The average Bonchev–Trinajstić information content (AvgIpc) is 2.66. The molecule has 0 aliphatic heterocycles. The molecule has 1 aromatic carbocycles. The highest BCUT2D eigenvalue weighted by atomic mass is 16.7. The van der Waals surface area contributed by atoms with Gasteiger partial charge in [0.1, 0.15) is 6.67 Å². The van der Waals surface area contributed by atoms with Crippen LogP contribution in [0.25, 0.3) is 0 Å². The molecule has 24 heavy (non-hydrogen) atoms. The molecule has 0 aliphatic rings. The standard InChI is InChI=1S/C12H18N4O2.C3H8O.C2H6/c1-2-18-16(10-17)9-15-14-8-12-6-4-3-5-11(12)7-13;1-3-4-2;1-2/h3-7,10,13-15H,2,8-9H2,1H3;3H2,1-2H3;1-2H3. The lowest BCUT2D eigenvalue weighted by Crippen LogP contribution is -2.41. The highest BCUT2D eigenvalue weighted by Crippen LogP contribution is 2.04. The van der Waals surface area contributed by atoms with Crippen molar-refractivity contribution in [2.75, 3.05) is 27.0 Å². The van der Waals surface area contributed by atoms with Gasteiger partial charge in [-0.1, -0.05) is 38.1 Å². The maximum absolute atomic E-state index is 10.6. The van der Waals surface area contributed by atoms with E-state index in [1.54, 1.807) is 7.11 Å². The van der Waals surface area contributed by atoms with Crippen molar-refractivity contribution in [3.8, 4) is 0 Å². The van der Waals surface area contributed by atoms with Crippen LogP contribution >= 0.6 is 0 Å². The Balaban J connectivity index is 0. The molecule has 1 rings (SSSR count). The van der Waals surface area contributed by atoms with E-state index in [9.17, 15) is 4.79 Å². The molecule has 0 unspecified atom stereocenters. The van der Waals surface area contributed by atoms with Crippen molar-refractivity contribution in [1.82, 2.24) is 15.9 Å². The zero-order valence-corrected chi connectivity index (χ0v) is 15.5. The minimum absolute atomic E-state index is 0.254. The largest absolute Gasteiger partial charge is 0.385 e. The fourth-order valence-corrected chi connectivity index (χ4v) is 1.41. The second-order valence-corrected chi connectivity index (χ2v) is 4.05. The summed E-state index contributed by atoms with van der Waals surface area (Å²) >= 11 is 0. The first-order valence-corrected chi connectivity index (χ1v) is 8.11. The number of benzene rings is 1. The van der Waals surface area contributed by atoms with Gasteiger partial charge in [-0.25, -0.2) is 10.5 Å². The number of nitrogens with zero attached hydrogens (tertiary/aromatic N) is 1. The van der Waals surface area contributed by atoms with E-state index >= 15 is 0 Å². The van der Waals surface area contributed by atoms with Gasteiger partial charge in [0.25, 0.3) is 0 Å². The molecular weight excluding hydrogens is 308 g/mol. The number of ether oxygens (including phenoxy) is 1. The average molecular weight is 340 g/mol. The molecule has 0 saturated heterocycles. The van der Waals surface area contributed by atoms with E-state index in [4.69, 9.17) is 10.2 Å². The van der Waals surface area contributed by atoms with Crippen LogP contribution in [0.1, 0.15) is 38.8 Å². The normalized spacial score (nSPS) is 9.04. The van der Waals surface area contributed by atoms with Gasteiger partial charge >= 0.3 is 0 Å². The minimum atomic E-state index is 0.254. The first kappa shape index (κ1) is 24.5. The molecule has 0 aliphatic carbocycles. The number of hydrogen-bond acceptors (Lipinski definition) is 6. The SMILES string of the molecule is CC.CCOC.CCON(C=O)CNNCc1ccccc1C=N. The second-order valence-electron chi connectivity index (χ2n) is 4.05. The molecule has 0 radical (unpaired) electrons. The van der Waals surface area contributed by atoms with Crippen molar-refractivity contribution in [3.05, 3.63) is 35.4 Å². The lowest BCUT2D eigenvalue weighted by atomic mass is 10.1. The van der Waals surface area contributed by atoms with Crippen molar-refractivity contribution < 1.29 is 14.4 Å². The van der Waals surface area contributed by atoms with Gasteiger partial charge in [0, 0.05) is 26.5 Å². The van der Waals surface area contributed by atoms with Crippen LogP contribution in [-0.4, -0.2) is 44.7 Å². The monoisotopic (exact) mass is 340 g/mol. The van der Waals surface area contributed by atoms with Gasteiger partial charge in [0.05, 0.1) is 6.61 Å². The number of nitrogens with one attached hydrogen (secondary N) is 3. The van der Waals surface area contributed by atoms with Crippen LogP contribution in [0.2, 0.25) is 0 Å². The minimum Gasteiger partial charge on any atom is -0.385 e. The highest BCUT2D eigenvalue weighted by Gasteiger charge is 2.00.